The zero-order valence-corrected chi connectivity index (χ0v) is 10.0. The molecule has 0 saturated carbocycles. The fourth-order valence-electron chi connectivity index (χ4n) is 2.91. The Hall–Kier alpha value is -0.980. The van der Waals surface area contributed by atoms with Crippen molar-refractivity contribution in [2.75, 3.05) is 11.9 Å². The first-order valence-electron chi connectivity index (χ1n) is 6.08. The molecule has 82 valence electrons. The molecule has 0 bridgehead atoms. The van der Waals surface area contributed by atoms with Crippen LogP contribution in [0, 0.1) is 5.92 Å². The Kier molecular flexibility index (Phi) is 2.72. The van der Waals surface area contributed by atoms with E-state index < -0.39 is 0 Å². The zero-order chi connectivity index (χ0) is 10.9. The molecule has 0 amide bonds. The highest BCUT2D eigenvalue weighted by molar-refractivity contribution is 5.60. The summed E-state index contributed by atoms with van der Waals surface area (Å²) >= 11 is 0. The molecule has 2 atom stereocenters. The average Bonchev–Trinajstić information content (AvgIpc) is 2.68. The number of anilines is 1. The van der Waals surface area contributed by atoms with Crippen molar-refractivity contribution in [3.05, 3.63) is 29.8 Å². The number of benzene rings is 1. The van der Waals surface area contributed by atoms with E-state index >= 15 is 0 Å². The van der Waals surface area contributed by atoms with Crippen molar-refractivity contribution in [3.63, 3.8) is 0 Å². The molecule has 1 aliphatic rings. The smallest absolute Gasteiger partial charge is 0.0379 e. The van der Waals surface area contributed by atoms with E-state index in [1.807, 2.05) is 0 Å². The molecule has 2 rings (SSSR count). The van der Waals surface area contributed by atoms with E-state index in [1.54, 1.807) is 0 Å². The van der Waals surface area contributed by atoms with E-state index in [9.17, 15) is 0 Å². The van der Waals surface area contributed by atoms with Gasteiger partial charge in [-0.25, -0.2) is 0 Å². The molecular formula is C14H21N. The lowest BCUT2D eigenvalue weighted by Gasteiger charge is -2.34. The fourth-order valence-corrected chi connectivity index (χ4v) is 2.91. The normalized spacial score (nSPS) is 25.8. The summed E-state index contributed by atoms with van der Waals surface area (Å²) in [5.74, 6) is 0.749. The van der Waals surface area contributed by atoms with Crippen molar-refractivity contribution in [1.82, 2.24) is 0 Å². The SMILES string of the molecule is CCC(C)C1(CC)CNc2ccccc21. The maximum atomic E-state index is 3.56. The van der Waals surface area contributed by atoms with Crippen LogP contribution in [-0.4, -0.2) is 6.54 Å². The van der Waals surface area contributed by atoms with E-state index in [0.717, 1.165) is 12.5 Å². The highest BCUT2D eigenvalue weighted by atomic mass is 14.9. The molecule has 2 unspecified atom stereocenters. The van der Waals surface area contributed by atoms with Gasteiger partial charge in [-0.05, 0) is 24.0 Å². The van der Waals surface area contributed by atoms with Crippen LogP contribution in [0.15, 0.2) is 24.3 Å². The predicted octanol–water partition coefficient (Wildman–Crippen LogP) is 3.81. The Labute approximate surface area is 92.9 Å². The van der Waals surface area contributed by atoms with E-state index in [-0.39, 0.29) is 0 Å². The van der Waals surface area contributed by atoms with Crippen LogP contribution in [0.3, 0.4) is 0 Å². The minimum atomic E-state index is 0.366. The van der Waals surface area contributed by atoms with Crippen LogP contribution < -0.4 is 5.32 Å². The second kappa shape index (κ2) is 3.88. The first-order chi connectivity index (χ1) is 7.24. The highest BCUT2D eigenvalue weighted by Gasteiger charge is 2.40. The van der Waals surface area contributed by atoms with Gasteiger partial charge in [0.05, 0.1) is 0 Å². The molecule has 1 N–H and O–H groups in total. The zero-order valence-electron chi connectivity index (χ0n) is 10.0. The molecule has 1 heteroatoms. The van der Waals surface area contributed by atoms with Gasteiger partial charge in [0.1, 0.15) is 0 Å². The lowest BCUT2D eigenvalue weighted by Crippen LogP contribution is -2.34. The molecule has 0 saturated heterocycles. The highest BCUT2D eigenvalue weighted by Crippen LogP contribution is 2.45. The van der Waals surface area contributed by atoms with E-state index in [0.29, 0.717) is 5.41 Å². The van der Waals surface area contributed by atoms with Crippen LogP contribution in [0.2, 0.25) is 0 Å². The predicted molar refractivity (Wildman–Crippen MR) is 66.4 cm³/mol. The lowest BCUT2D eigenvalue weighted by atomic mass is 9.69. The van der Waals surface area contributed by atoms with E-state index in [4.69, 9.17) is 0 Å². The Morgan fingerprint density at radius 2 is 2.07 bits per heavy atom. The number of para-hydroxylation sites is 1. The molecule has 1 aromatic carbocycles. The largest absolute Gasteiger partial charge is 0.384 e. The molecule has 0 aliphatic carbocycles. The molecule has 1 aromatic rings. The average molecular weight is 203 g/mol. The summed E-state index contributed by atoms with van der Waals surface area (Å²) in [4.78, 5) is 0. The summed E-state index contributed by atoms with van der Waals surface area (Å²) in [6, 6.07) is 8.78. The number of hydrogen-bond acceptors (Lipinski definition) is 1. The quantitative estimate of drug-likeness (QED) is 0.787. The summed E-state index contributed by atoms with van der Waals surface area (Å²) in [7, 11) is 0. The molecule has 0 radical (unpaired) electrons. The summed E-state index contributed by atoms with van der Waals surface area (Å²) in [6.45, 7) is 8.10. The van der Waals surface area contributed by atoms with E-state index in [2.05, 4.69) is 50.4 Å². The number of rotatable bonds is 3. The van der Waals surface area contributed by atoms with Gasteiger partial charge >= 0.3 is 0 Å². The molecular weight excluding hydrogens is 182 g/mol. The molecule has 15 heavy (non-hydrogen) atoms. The van der Waals surface area contributed by atoms with Gasteiger partial charge in [0.2, 0.25) is 0 Å². The monoisotopic (exact) mass is 203 g/mol. The standard InChI is InChI=1S/C14H21N/c1-4-11(3)14(5-2)10-15-13-9-7-6-8-12(13)14/h6-9,11,15H,4-5,10H2,1-3H3. The maximum Gasteiger partial charge on any atom is 0.0379 e. The van der Waals surface area contributed by atoms with Crippen LogP contribution in [0.4, 0.5) is 5.69 Å². The molecule has 1 heterocycles. The Balaban J connectivity index is 2.45. The van der Waals surface area contributed by atoms with Gasteiger partial charge in [-0.15, -0.1) is 0 Å². The third-order valence-corrected chi connectivity index (χ3v) is 4.24. The van der Waals surface area contributed by atoms with Gasteiger partial charge in [-0.2, -0.15) is 0 Å². The number of fused-ring (bicyclic) bond motifs is 1. The van der Waals surface area contributed by atoms with Crippen LogP contribution in [0.25, 0.3) is 0 Å². The molecule has 0 aromatic heterocycles. The summed E-state index contributed by atoms with van der Waals surface area (Å²) in [6.07, 6.45) is 2.48. The van der Waals surface area contributed by atoms with Crippen molar-refractivity contribution in [2.45, 2.75) is 39.0 Å². The van der Waals surface area contributed by atoms with Crippen LogP contribution in [-0.2, 0) is 5.41 Å². The first-order valence-corrected chi connectivity index (χ1v) is 6.08. The summed E-state index contributed by atoms with van der Waals surface area (Å²) in [5.41, 5.74) is 3.24. The van der Waals surface area contributed by atoms with Crippen molar-refractivity contribution in [2.24, 2.45) is 5.92 Å². The molecule has 0 fully saturated rings. The second-order valence-electron chi connectivity index (χ2n) is 4.72. The topological polar surface area (TPSA) is 12.0 Å². The van der Waals surface area contributed by atoms with Gasteiger partial charge in [0.25, 0.3) is 0 Å². The molecule has 1 aliphatic heterocycles. The van der Waals surface area contributed by atoms with Crippen LogP contribution in [0.1, 0.15) is 39.2 Å². The minimum Gasteiger partial charge on any atom is -0.384 e. The van der Waals surface area contributed by atoms with Crippen molar-refractivity contribution in [3.8, 4) is 0 Å². The molecule has 1 nitrogen and oxygen atoms in total. The van der Waals surface area contributed by atoms with Crippen molar-refractivity contribution < 1.29 is 0 Å². The maximum absolute atomic E-state index is 3.56. The number of hydrogen-bond donors (Lipinski definition) is 1. The van der Waals surface area contributed by atoms with Crippen LogP contribution >= 0.6 is 0 Å². The van der Waals surface area contributed by atoms with Gasteiger partial charge < -0.3 is 5.32 Å². The lowest BCUT2D eigenvalue weighted by molar-refractivity contribution is 0.295. The van der Waals surface area contributed by atoms with Crippen LogP contribution in [0.5, 0.6) is 0 Å². The number of nitrogens with one attached hydrogen (secondary N) is 1. The van der Waals surface area contributed by atoms with Gasteiger partial charge in [0, 0.05) is 17.6 Å². The first kappa shape index (κ1) is 10.5. The third-order valence-electron chi connectivity index (χ3n) is 4.24. The summed E-state index contributed by atoms with van der Waals surface area (Å²) < 4.78 is 0. The van der Waals surface area contributed by atoms with E-state index in [1.165, 1.54) is 24.1 Å². The minimum absolute atomic E-state index is 0.366. The Morgan fingerprint density at radius 3 is 2.73 bits per heavy atom. The third kappa shape index (κ3) is 1.45. The van der Waals surface area contributed by atoms with Crippen molar-refractivity contribution >= 4 is 5.69 Å². The Bertz CT molecular complexity index is 345. The fraction of sp³-hybridized carbons (Fsp3) is 0.571. The van der Waals surface area contributed by atoms with Gasteiger partial charge in [-0.3, -0.25) is 0 Å². The Morgan fingerprint density at radius 1 is 1.33 bits per heavy atom. The van der Waals surface area contributed by atoms with Gasteiger partial charge in [-0.1, -0.05) is 45.4 Å². The van der Waals surface area contributed by atoms with Crippen molar-refractivity contribution in [1.29, 1.82) is 0 Å². The summed E-state index contributed by atoms with van der Waals surface area (Å²) in [5, 5.41) is 3.56. The second-order valence-corrected chi connectivity index (χ2v) is 4.72. The van der Waals surface area contributed by atoms with Gasteiger partial charge in [0.15, 0.2) is 0 Å². The molecule has 0 spiro atoms.